The van der Waals surface area contributed by atoms with Gasteiger partial charge in [0.05, 0.1) is 5.92 Å². The molecule has 5 nitrogen and oxygen atoms in total. The molecule has 3 rings (SSSR count). The van der Waals surface area contributed by atoms with E-state index in [1.165, 1.54) is 6.42 Å². The van der Waals surface area contributed by atoms with Gasteiger partial charge in [-0.3, -0.25) is 9.59 Å². The summed E-state index contributed by atoms with van der Waals surface area (Å²) in [6.07, 6.45) is 3.43. The molecule has 0 heterocycles. The second-order valence-corrected chi connectivity index (χ2v) is 7.05. The molecule has 5 heteroatoms. The molecule has 23 heavy (non-hydrogen) atoms. The molecule has 2 fully saturated rings. The van der Waals surface area contributed by atoms with Crippen LogP contribution in [0, 0.1) is 17.8 Å². The number of rotatable bonds is 4. The Balaban J connectivity index is 1.56. The molecule has 4 atom stereocenters. The number of nitrogens with two attached hydrogens (primary N) is 1. The van der Waals surface area contributed by atoms with Crippen molar-refractivity contribution in [3.63, 3.8) is 0 Å². The summed E-state index contributed by atoms with van der Waals surface area (Å²) in [5.41, 5.74) is 7.86. The predicted molar refractivity (Wildman–Crippen MR) is 88.6 cm³/mol. The van der Waals surface area contributed by atoms with Crippen molar-refractivity contribution in [3.05, 3.63) is 35.4 Å². The Morgan fingerprint density at radius 3 is 2.39 bits per heavy atom. The summed E-state index contributed by atoms with van der Waals surface area (Å²) in [6, 6.07) is 7.39. The van der Waals surface area contributed by atoms with E-state index in [0.29, 0.717) is 23.9 Å². The van der Waals surface area contributed by atoms with Crippen LogP contribution in [-0.2, 0) is 11.3 Å². The quantitative estimate of drug-likeness (QED) is 0.881. The number of hydrogen-bond donors (Lipinski definition) is 2. The zero-order chi connectivity index (χ0) is 16.6. The first-order valence-corrected chi connectivity index (χ1v) is 8.31. The summed E-state index contributed by atoms with van der Waals surface area (Å²) in [5, 5.41) is 3.01. The van der Waals surface area contributed by atoms with Crippen molar-refractivity contribution in [2.75, 3.05) is 14.1 Å². The van der Waals surface area contributed by atoms with E-state index in [4.69, 9.17) is 5.73 Å². The van der Waals surface area contributed by atoms with Crippen molar-refractivity contribution in [2.45, 2.75) is 31.8 Å². The maximum absolute atomic E-state index is 12.4. The normalized spacial score (nSPS) is 28.7. The minimum absolute atomic E-state index is 0.0199. The molecule has 0 spiro atoms. The molecule has 2 bridgehead atoms. The summed E-state index contributed by atoms with van der Waals surface area (Å²) in [5.74, 6) is 1.04. The molecular weight excluding hydrogens is 290 g/mol. The average molecular weight is 315 g/mol. The van der Waals surface area contributed by atoms with E-state index in [1.807, 2.05) is 12.1 Å². The van der Waals surface area contributed by atoms with Crippen LogP contribution in [0.3, 0.4) is 0 Å². The van der Waals surface area contributed by atoms with Gasteiger partial charge in [0.1, 0.15) is 0 Å². The Kier molecular flexibility index (Phi) is 4.39. The molecule has 2 aliphatic carbocycles. The molecule has 1 aromatic rings. The molecule has 0 aliphatic heterocycles. The Hall–Kier alpha value is -1.88. The summed E-state index contributed by atoms with van der Waals surface area (Å²) in [6.45, 7) is 0.482. The van der Waals surface area contributed by atoms with Crippen LogP contribution in [-0.4, -0.2) is 36.9 Å². The third-order valence-electron chi connectivity index (χ3n) is 5.36. The van der Waals surface area contributed by atoms with E-state index in [1.54, 1.807) is 31.1 Å². The van der Waals surface area contributed by atoms with Crippen molar-refractivity contribution >= 4 is 11.8 Å². The molecule has 0 aromatic heterocycles. The fraction of sp³-hybridized carbons (Fsp3) is 0.556. The highest BCUT2D eigenvalue weighted by Gasteiger charge is 2.48. The van der Waals surface area contributed by atoms with Gasteiger partial charge in [0.2, 0.25) is 5.91 Å². The monoisotopic (exact) mass is 315 g/mol. The Morgan fingerprint density at radius 2 is 1.83 bits per heavy atom. The molecule has 3 N–H and O–H groups in total. The molecular formula is C18H25N3O2. The first-order chi connectivity index (χ1) is 11.0. The highest BCUT2D eigenvalue weighted by molar-refractivity contribution is 5.93. The average Bonchev–Trinajstić information content (AvgIpc) is 3.13. The van der Waals surface area contributed by atoms with E-state index in [2.05, 4.69) is 5.32 Å². The zero-order valence-corrected chi connectivity index (χ0v) is 13.8. The number of fused-ring (bicyclic) bond motifs is 2. The van der Waals surface area contributed by atoms with Crippen LogP contribution in [0.2, 0.25) is 0 Å². The van der Waals surface area contributed by atoms with Gasteiger partial charge in [0.15, 0.2) is 0 Å². The summed E-state index contributed by atoms with van der Waals surface area (Å²) in [4.78, 5) is 25.8. The zero-order valence-electron chi connectivity index (χ0n) is 13.8. The highest BCUT2D eigenvalue weighted by Crippen LogP contribution is 2.47. The second-order valence-electron chi connectivity index (χ2n) is 7.05. The maximum atomic E-state index is 12.4. The molecule has 4 unspecified atom stereocenters. The molecule has 124 valence electrons. The largest absolute Gasteiger partial charge is 0.352 e. The smallest absolute Gasteiger partial charge is 0.253 e. The minimum Gasteiger partial charge on any atom is -0.352 e. The van der Waals surface area contributed by atoms with Gasteiger partial charge in [0, 0.05) is 32.2 Å². The molecule has 0 radical (unpaired) electrons. The summed E-state index contributed by atoms with van der Waals surface area (Å²) >= 11 is 0. The lowest BCUT2D eigenvalue weighted by molar-refractivity contribution is -0.127. The van der Waals surface area contributed by atoms with Gasteiger partial charge in [-0.05, 0) is 48.8 Å². The fourth-order valence-electron chi connectivity index (χ4n) is 4.06. The number of amides is 2. The third kappa shape index (κ3) is 3.11. The van der Waals surface area contributed by atoms with Gasteiger partial charge in [-0.1, -0.05) is 12.1 Å². The van der Waals surface area contributed by atoms with Crippen LogP contribution in [0.5, 0.6) is 0 Å². The number of nitrogens with one attached hydrogen (secondary N) is 1. The van der Waals surface area contributed by atoms with Crippen molar-refractivity contribution < 1.29 is 9.59 Å². The van der Waals surface area contributed by atoms with Gasteiger partial charge in [-0.25, -0.2) is 0 Å². The number of carbonyl (C=O) groups is 2. The first kappa shape index (κ1) is 16.0. The van der Waals surface area contributed by atoms with Gasteiger partial charge in [0.25, 0.3) is 5.91 Å². The number of carbonyl (C=O) groups excluding carboxylic acids is 2. The van der Waals surface area contributed by atoms with Crippen molar-refractivity contribution in [1.82, 2.24) is 10.2 Å². The maximum Gasteiger partial charge on any atom is 0.253 e. The molecule has 0 saturated heterocycles. The topological polar surface area (TPSA) is 75.4 Å². The van der Waals surface area contributed by atoms with Crippen LogP contribution in [0.4, 0.5) is 0 Å². The molecule has 2 saturated carbocycles. The fourth-order valence-corrected chi connectivity index (χ4v) is 4.06. The van der Waals surface area contributed by atoms with Crippen LogP contribution < -0.4 is 11.1 Å². The second kappa shape index (κ2) is 6.32. The SMILES string of the molecule is CN(C)C(=O)c1ccc(CNC(=O)C2C3CCC(C3)C2N)cc1. The molecule has 1 aromatic carbocycles. The number of nitrogens with zero attached hydrogens (tertiary/aromatic N) is 1. The van der Waals surface area contributed by atoms with Crippen LogP contribution in [0.15, 0.2) is 24.3 Å². The van der Waals surface area contributed by atoms with E-state index in [0.717, 1.165) is 18.4 Å². The van der Waals surface area contributed by atoms with E-state index in [9.17, 15) is 9.59 Å². The van der Waals surface area contributed by atoms with Crippen LogP contribution >= 0.6 is 0 Å². The Bertz CT molecular complexity index is 595. The Labute approximate surface area is 137 Å². The van der Waals surface area contributed by atoms with Crippen molar-refractivity contribution in [1.29, 1.82) is 0 Å². The molecule has 2 aliphatic rings. The lowest BCUT2D eigenvalue weighted by atomic mass is 9.84. The first-order valence-electron chi connectivity index (χ1n) is 8.31. The van der Waals surface area contributed by atoms with Crippen LogP contribution in [0.25, 0.3) is 0 Å². The summed E-state index contributed by atoms with van der Waals surface area (Å²) in [7, 11) is 3.46. The predicted octanol–water partition coefficient (Wildman–Crippen LogP) is 1.38. The van der Waals surface area contributed by atoms with Crippen molar-refractivity contribution in [2.24, 2.45) is 23.5 Å². The highest BCUT2D eigenvalue weighted by atomic mass is 16.2. The van der Waals surface area contributed by atoms with E-state index >= 15 is 0 Å². The molecule has 2 amide bonds. The van der Waals surface area contributed by atoms with Crippen LogP contribution in [0.1, 0.15) is 35.2 Å². The van der Waals surface area contributed by atoms with Gasteiger partial charge in [-0.2, -0.15) is 0 Å². The lowest BCUT2D eigenvalue weighted by Gasteiger charge is -2.27. The van der Waals surface area contributed by atoms with Gasteiger partial charge < -0.3 is 16.0 Å². The Morgan fingerprint density at radius 1 is 1.17 bits per heavy atom. The third-order valence-corrected chi connectivity index (χ3v) is 5.36. The van der Waals surface area contributed by atoms with E-state index in [-0.39, 0.29) is 23.8 Å². The summed E-state index contributed by atoms with van der Waals surface area (Å²) < 4.78 is 0. The van der Waals surface area contributed by atoms with Crippen molar-refractivity contribution in [3.8, 4) is 0 Å². The standard InChI is InChI=1S/C18H25N3O2/c1-21(2)18(23)12-5-3-11(4-6-12)10-20-17(22)15-13-7-8-14(9-13)16(15)19/h3-6,13-16H,7-10,19H2,1-2H3,(H,20,22). The minimum atomic E-state index is -0.0247. The number of hydrogen-bond acceptors (Lipinski definition) is 3. The van der Waals surface area contributed by atoms with E-state index < -0.39 is 0 Å². The lowest BCUT2D eigenvalue weighted by Crippen LogP contribution is -2.45. The van der Waals surface area contributed by atoms with Gasteiger partial charge in [-0.15, -0.1) is 0 Å². The van der Waals surface area contributed by atoms with Gasteiger partial charge >= 0.3 is 0 Å². The number of benzene rings is 1.